The van der Waals surface area contributed by atoms with E-state index in [9.17, 15) is 9.59 Å². The Balaban J connectivity index is 2.52. The average Bonchev–Trinajstić information content (AvgIpc) is 2.89. The molecule has 1 aromatic heterocycles. The van der Waals surface area contributed by atoms with Crippen molar-refractivity contribution < 1.29 is 18.8 Å². The fraction of sp³-hybridized carbons (Fsp3) is 0.694. The summed E-state index contributed by atoms with van der Waals surface area (Å²) in [5, 5.41) is -0.0942. The van der Waals surface area contributed by atoms with Crippen LogP contribution in [-0.4, -0.2) is 37.3 Å². The van der Waals surface area contributed by atoms with Crippen LogP contribution in [0.15, 0.2) is 48.7 Å². The number of aromatic nitrogens is 1. The number of pyridine rings is 1. The number of esters is 1. The number of hydrogen-bond acceptors (Lipinski definition) is 5. The molecule has 5 atom stereocenters. The molecule has 6 heteroatoms. The van der Waals surface area contributed by atoms with E-state index in [4.69, 9.17) is 9.16 Å². The van der Waals surface area contributed by atoms with Crippen LogP contribution in [0.2, 0.25) is 18.1 Å². The van der Waals surface area contributed by atoms with Crippen LogP contribution in [0.25, 0.3) is 0 Å². The van der Waals surface area contributed by atoms with E-state index in [-0.39, 0.29) is 34.7 Å². The van der Waals surface area contributed by atoms with E-state index in [2.05, 4.69) is 72.3 Å². The Bertz CT molecular complexity index is 1060. The molecule has 0 aromatic carbocycles. The minimum absolute atomic E-state index is 0.0620. The third-order valence-electron chi connectivity index (χ3n) is 9.50. The molecule has 0 saturated heterocycles. The molecule has 0 bridgehead atoms. The van der Waals surface area contributed by atoms with Gasteiger partial charge in [-0.05, 0) is 87.5 Å². The maximum atomic E-state index is 14.1. The van der Waals surface area contributed by atoms with Gasteiger partial charge >= 0.3 is 5.97 Å². The maximum absolute atomic E-state index is 14.1. The van der Waals surface area contributed by atoms with Gasteiger partial charge in [-0.25, -0.2) is 4.79 Å². The lowest BCUT2D eigenvalue weighted by molar-refractivity contribution is -0.162. The summed E-state index contributed by atoms with van der Waals surface area (Å²) in [5.74, 6) is 0.213. The van der Waals surface area contributed by atoms with Crippen molar-refractivity contribution in [1.29, 1.82) is 0 Å². The first-order valence-corrected chi connectivity index (χ1v) is 19.0. The number of Topliss-reactive ketones (excluding diaryl/α,β-unsaturated/α-hetero) is 1. The summed E-state index contributed by atoms with van der Waals surface area (Å²) in [6.07, 6.45) is 11.1. The van der Waals surface area contributed by atoms with Gasteiger partial charge in [-0.2, -0.15) is 0 Å². The molecule has 0 spiro atoms. The van der Waals surface area contributed by atoms with Gasteiger partial charge in [0, 0.05) is 29.6 Å². The van der Waals surface area contributed by atoms with E-state index in [1.165, 1.54) is 5.57 Å². The monoisotopic (exact) mass is 597 g/mol. The predicted octanol–water partition coefficient (Wildman–Crippen LogP) is 9.29. The van der Waals surface area contributed by atoms with Gasteiger partial charge in [0.2, 0.25) is 0 Å². The number of rotatable bonds is 7. The SMILES string of the molecule is C=CCC1CC(C)CCCC(C)=CCC(C(C)Cc2ccccn2)OC(=O)C(O[Si](C)(C)C(C)(C)C)CC(C)(C)C1=O. The number of cyclic esters (lactones) is 1. The van der Waals surface area contributed by atoms with Crippen LogP contribution in [0.3, 0.4) is 0 Å². The molecular weight excluding hydrogens is 538 g/mol. The summed E-state index contributed by atoms with van der Waals surface area (Å²) in [5.41, 5.74) is 1.55. The topological polar surface area (TPSA) is 65.5 Å². The number of hydrogen-bond donors (Lipinski definition) is 0. The zero-order chi connectivity index (χ0) is 31.7. The average molecular weight is 598 g/mol. The molecule has 236 valence electrons. The largest absolute Gasteiger partial charge is 0.460 e. The summed E-state index contributed by atoms with van der Waals surface area (Å²) in [7, 11) is -2.36. The Kier molecular flexibility index (Phi) is 13.4. The second-order valence-electron chi connectivity index (χ2n) is 15.0. The van der Waals surface area contributed by atoms with Crippen LogP contribution in [0.1, 0.15) is 106 Å². The highest BCUT2D eigenvalue weighted by Crippen LogP contribution is 2.40. The molecule has 0 fully saturated rings. The predicted molar refractivity (Wildman–Crippen MR) is 177 cm³/mol. The van der Waals surface area contributed by atoms with Crippen LogP contribution in [-0.2, 0) is 25.2 Å². The van der Waals surface area contributed by atoms with Crippen molar-refractivity contribution in [3.8, 4) is 0 Å². The molecule has 0 aliphatic carbocycles. The van der Waals surface area contributed by atoms with E-state index >= 15 is 0 Å². The van der Waals surface area contributed by atoms with Crippen molar-refractivity contribution in [2.45, 2.75) is 137 Å². The highest BCUT2D eigenvalue weighted by molar-refractivity contribution is 6.74. The first-order valence-electron chi connectivity index (χ1n) is 16.1. The van der Waals surface area contributed by atoms with Gasteiger partial charge in [0.15, 0.2) is 8.32 Å². The van der Waals surface area contributed by atoms with Gasteiger partial charge < -0.3 is 9.16 Å². The molecule has 0 radical (unpaired) electrons. The number of carbonyl (C=O) groups is 2. The lowest BCUT2D eigenvalue weighted by Crippen LogP contribution is -2.49. The van der Waals surface area contributed by atoms with E-state index in [0.717, 1.165) is 31.4 Å². The number of allylic oxidation sites excluding steroid dienone is 2. The molecule has 1 aliphatic rings. The minimum atomic E-state index is -2.36. The first kappa shape index (κ1) is 36.1. The van der Waals surface area contributed by atoms with E-state index in [1.807, 2.05) is 38.1 Å². The molecule has 2 rings (SSSR count). The molecular formula is C36H59NO4Si. The molecule has 0 amide bonds. The van der Waals surface area contributed by atoms with Crippen LogP contribution in [0, 0.1) is 23.2 Å². The summed E-state index contributed by atoms with van der Waals surface area (Å²) in [6, 6.07) is 5.93. The number of ketones is 1. The van der Waals surface area contributed by atoms with E-state index < -0.39 is 19.8 Å². The molecule has 0 N–H and O–H groups in total. The van der Waals surface area contributed by atoms with Crippen molar-refractivity contribution >= 4 is 20.1 Å². The second kappa shape index (κ2) is 15.6. The van der Waals surface area contributed by atoms with Crippen LogP contribution < -0.4 is 0 Å². The Morgan fingerprint density at radius 1 is 1.24 bits per heavy atom. The van der Waals surface area contributed by atoms with Gasteiger partial charge in [0.25, 0.3) is 0 Å². The molecule has 0 saturated carbocycles. The van der Waals surface area contributed by atoms with Gasteiger partial charge in [-0.1, -0.05) is 78.7 Å². The highest BCUT2D eigenvalue weighted by Gasteiger charge is 2.45. The lowest BCUT2D eigenvalue weighted by atomic mass is 9.73. The molecule has 5 nitrogen and oxygen atoms in total. The third kappa shape index (κ3) is 10.9. The number of carbonyl (C=O) groups excluding carboxylic acids is 2. The maximum Gasteiger partial charge on any atom is 0.334 e. The minimum Gasteiger partial charge on any atom is -0.460 e. The van der Waals surface area contributed by atoms with Crippen LogP contribution in [0.4, 0.5) is 0 Å². The van der Waals surface area contributed by atoms with Gasteiger partial charge in [0.05, 0.1) is 0 Å². The van der Waals surface area contributed by atoms with Crippen molar-refractivity contribution in [3.63, 3.8) is 0 Å². The number of ether oxygens (including phenoxy) is 1. The molecule has 2 heterocycles. The van der Waals surface area contributed by atoms with Crippen LogP contribution >= 0.6 is 0 Å². The standard InChI is InChI=1S/C36H59NO4Si/c1-12-16-29-23-27(3)18-15-17-26(2)20-21-31(28(4)24-30-19-13-14-22-37-30)40-34(39)32(25-36(8,9)33(29)38)41-42(10,11)35(5,6)7/h12-14,19-20,22,27-29,31-32H,1,15-18,21,23-25H2,2-11H3. The van der Waals surface area contributed by atoms with Crippen LogP contribution in [0.5, 0.6) is 0 Å². The van der Waals surface area contributed by atoms with Crippen molar-refractivity contribution in [2.75, 3.05) is 0 Å². The van der Waals surface area contributed by atoms with Crippen molar-refractivity contribution in [1.82, 2.24) is 4.98 Å². The zero-order valence-electron chi connectivity index (χ0n) is 28.3. The quantitative estimate of drug-likeness (QED) is 0.178. The zero-order valence-corrected chi connectivity index (χ0v) is 29.3. The fourth-order valence-corrected chi connectivity index (χ4v) is 6.93. The smallest absolute Gasteiger partial charge is 0.334 e. The van der Waals surface area contributed by atoms with Gasteiger partial charge in [-0.3, -0.25) is 9.78 Å². The van der Waals surface area contributed by atoms with E-state index in [1.54, 1.807) is 6.20 Å². The summed E-state index contributed by atoms with van der Waals surface area (Å²) in [4.78, 5) is 32.7. The summed E-state index contributed by atoms with van der Waals surface area (Å²) < 4.78 is 13.2. The first-order chi connectivity index (χ1) is 19.5. The Morgan fingerprint density at radius 3 is 2.52 bits per heavy atom. The highest BCUT2D eigenvalue weighted by atomic mass is 28.4. The van der Waals surface area contributed by atoms with Crippen molar-refractivity contribution in [2.24, 2.45) is 23.2 Å². The Morgan fingerprint density at radius 2 is 1.93 bits per heavy atom. The third-order valence-corrected chi connectivity index (χ3v) is 14.0. The lowest BCUT2D eigenvalue weighted by Gasteiger charge is -2.41. The Labute approximate surface area is 258 Å². The van der Waals surface area contributed by atoms with Gasteiger partial charge in [-0.15, -0.1) is 6.58 Å². The summed E-state index contributed by atoms with van der Waals surface area (Å²) >= 11 is 0. The van der Waals surface area contributed by atoms with Crippen molar-refractivity contribution in [3.05, 3.63) is 54.4 Å². The molecule has 42 heavy (non-hydrogen) atoms. The molecule has 1 aliphatic heterocycles. The van der Waals surface area contributed by atoms with Gasteiger partial charge in [0.1, 0.15) is 18.0 Å². The second-order valence-corrected chi connectivity index (χ2v) is 19.8. The Hall–Kier alpha value is -2.05. The summed E-state index contributed by atoms with van der Waals surface area (Å²) in [6.45, 7) is 25.3. The molecule has 1 aromatic rings. The fourth-order valence-electron chi connectivity index (χ4n) is 5.69. The van der Waals surface area contributed by atoms with E-state index in [0.29, 0.717) is 31.6 Å². The number of nitrogens with zero attached hydrogens (tertiary/aromatic N) is 1. The normalized spacial score (nSPS) is 26.2. The molecule has 5 unspecified atom stereocenters.